The smallest absolute Gasteiger partial charge is 0.225 e. The van der Waals surface area contributed by atoms with Gasteiger partial charge in [0, 0.05) is 56.2 Å². The van der Waals surface area contributed by atoms with Gasteiger partial charge in [-0.25, -0.2) is 8.78 Å². The van der Waals surface area contributed by atoms with E-state index in [9.17, 15) is 18.7 Å². The number of aliphatic hydroxyl groups is 1. The first-order valence-corrected chi connectivity index (χ1v) is 9.62. The van der Waals surface area contributed by atoms with E-state index in [0.29, 0.717) is 51.1 Å². The number of amides is 1. The normalized spacial score (nSPS) is 30.0. The molecule has 0 radical (unpaired) electrons. The molecule has 1 N–H and O–H groups in total. The monoisotopic (exact) mass is 364 g/mol. The Morgan fingerprint density at radius 2 is 1.96 bits per heavy atom. The van der Waals surface area contributed by atoms with Gasteiger partial charge in [0.2, 0.25) is 5.91 Å². The summed E-state index contributed by atoms with van der Waals surface area (Å²) in [7, 11) is 0. The van der Waals surface area contributed by atoms with E-state index in [-0.39, 0.29) is 17.7 Å². The van der Waals surface area contributed by atoms with Crippen molar-refractivity contribution < 1.29 is 18.7 Å². The Kier molecular flexibility index (Phi) is 4.73. The zero-order valence-corrected chi connectivity index (χ0v) is 15.0. The highest BCUT2D eigenvalue weighted by molar-refractivity contribution is 5.79. The Labute approximate surface area is 152 Å². The van der Waals surface area contributed by atoms with Crippen LogP contribution in [0.15, 0.2) is 18.2 Å². The molecule has 6 heteroatoms. The van der Waals surface area contributed by atoms with Gasteiger partial charge in [0.25, 0.3) is 0 Å². The number of carbonyl (C=O) groups excluding carboxylic acids is 1. The predicted molar refractivity (Wildman–Crippen MR) is 93.2 cm³/mol. The predicted octanol–water partition coefficient (Wildman–Crippen LogP) is 2.55. The van der Waals surface area contributed by atoms with Gasteiger partial charge in [-0.15, -0.1) is 0 Å². The van der Waals surface area contributed by atoms with Gasteiger partial charge in [0.1, 0.15) is 11.6 Å². The molecule has 2 saturated heterocycles. The Bertz CT molecular complexity index is 694. The minimum absolute atomic E-state index is 0.0162. The molecular formula is C20H26F2N2O2. The van der Waals surface area contributed by atoms with Gasteiger partial charge in [-0.2, -0.15) is 0 Å². The molecule has 2 heterocycles. The molecule has 0 unspecified atom stereocenters. The van der Waals surface area contributed by atoms with E-state index < -0.39 is 17.2 Å². The van der Waals surface area contributed by atoms with Crippen molar-refractivity contribution in [3.05, 3.63) is 35.4 Å². The maximum absolute atomic E-state index is 13.9. The van der Waals surface area contributed by atoms with Crippen LogP contribution >= 0.6 is 0 Å². The van der Waals surface area contributed by atoms with E-state index in [1.54, 1.807) is 0 Å². The van der Waals surface area contributed by atoms with Gasteiger partial charge < -0.3 is 10.0 Å². The van der Waals surface area contributed by atoms with E-state index in [0.717, 1.165) is 25.3 Å². The number of hydrogen-bond donors (Lipinski definition) is 1. The zero-order valence-electron chi connectivity index (χ0n) is 15.0. The molecule has 4 rings (SSSR count). The number of halogens is 2. The number of rotatable bonds is 3. The van der Waals surface area contributed by atoms with E-state index in [2.05, 4.69) is 4.90 Å². The lowest BCUT2D eigenvalue weighted by Gasteiger charge is -2.51. The molecule has 1 aromatic carbocycles. The number of piperidine rings is 2. The highest BCUT2D eigenvalue weighted by Gasteiger charge is 2.46. The van der Waals surface area contributed by atoms with Crippen LogP contribution in [0.3, 0.4) is 0 Å². The second kappa shape index (κ2) is 6.89. The fourth-order valence-corrected chi connectivity index (χ4v) is 4.52. The van der Waals surface area contributed by atoms with Crippen LogP contribution in [-0.4, -0.2) is 52.6 Å². The quantitative estimate of drug-likeness (QED) is 0.897. The highest BCUT2D eigenvalue weighted by Crippen LogP contribution is 2.38. The van der Waals surface area contributed by atoms with Crippen LogP contribution in [0.4, 0.5) is 8.78 Å². The number of benzene rings is 1. The number of likely N-dealkylation sites (tertiary alicyclic amines) is 2. The average molecular weight is 364 g/mol. The summed E-state index contributed by atoms with van der Waals surface area (Å²) in [5.41, 5.74) is -0.260. The summed E-state index contributed by atoms with van der Waals surface area (Å²) in [5, 5.41) is 11.0. The van der Waals surface area contributed by atoms with Crippen molar-refractivity contribution in [2.75, 3.05) is 26.2 Å². The van der Waals surface area contributed by atoms with Crippen LogP contribution in [0.2, 0.25) is 0 Å². The Hall–Kier alpha value is -1.53. The molecule has 26 heavy (non-hydrogen) atoms. The first kappa shape index (κ1) is 17.9. The fraction of sp³-hybridized carbons (Fsp3) is 0.650. The minimum atomic E-state index is -0.728. The topological polar surface area (TPSA) is 43.8 Å². The second-order valence-corrected chi connectivity index (χ2v) is 8.18. The summed E-state index contributed by atoms with van der Waals surface area (Å²) >= 11 is 0. The molecule has 2 aliphatic heterocycles. The summed E-state index contributed by atoms with van der Waals surface area (Å²) in [6, 6.07) is 3.67. The number of nitrogens with zero attached hydrogens (tertiary/aromatic N) is 2. The van der Waals surface area contributed by atoms with Gasteiger partial charge in [-0.1, -0.05) is 12.5 Å². The maximum atomic E-state index is 13.9. The molecule has 0 spiro atoms. The van der Waals surface area contributed by atoms with E-state index >= 15 is 0 Å². The van der Waals surface area contributed by atoms with Crippen molar-refractivity contribution >= 4 is 5.91 Å². The van der Waals surface area contributed by atoms with Gasteiger partial charge in [-0.05, 0) is 31.7 Å². The summed E-state index contributed by atoms with van der Waals surface area (Å²) in [4.78, 5) is 16.6. The largest absolute Gasteiger partial charge is 0.389 e. The molecule has 3 fully saturated rings. The molecule has 1 aromatic rings. The van der Waals surface area contributed by atoms with Crippen molar-refractivity contribution in [2.24, 2.45) is 11.8 Å². The molecule has 1 aliphatic carbocycles. The molecule has 1 amide bonds. The van der Waals surface area contributed by atoms with Crippen molar-refractivity contribution in [2.45, 2.75) is 44.2 Å². The van der Waals surface area contributed by atoms with Crippen LogP contribution < -0.4 is 0 Å². The lowest BCUT2D eigenvalue weighted by Crippen LogP contribution is -2.61. The third-order valence-electron chi connectivity index (χ3n) is 6.53. The summed E-state index contributed by atoms with van der Waals surface area (Å²) in [5.74, 6) is -0.709. The van der Waals surface area contributed by atoms with E-state index in [4.69, 9.17) is 0 Å². The molecule has 142 valence electrons. The molecule has 4 nitrogen and oxygen atoms in total. The number of hydrogen-bond acceptors (Lipinski definition) is 3. The standard InChI is InChI=1S/C20H26F2N2O2/c21-17-5-4-15(18(22)10-17)11-23-8-6-20(26)7-9-24(13-16(20)12-23)19(25)14-2-1-3-14/h4-5,10,14,16,26H,1-3,6-9,11-13H2/t16-,20-/m1/s1. The summed E-state index contributed by atoms with van der Waals surface area (Å²) < 4.78 is 27.0. The minimum Gasteiger partial charge on any atom is -0.389 e. The fourth-order valence-electron chi connectivity index (χ4n) is 4.52. The Morgan fingerprint density at radius 1 is 1.19 bits per heavy atom. The average Bonchev–Trinajstić information content (AvgIpc) is 2.55. The van der Waals surface area contributed by atoms with Crippen LogP contribution in [0.5, 0.6) is 0 Å². The van der Waals surface area contributed by atoms with Crippen LogP contribution in [0.25, 0.3) is 0 Å². The molecule has 0 bridgehead atoms. The van der Waals surface area contributed by atoms with Gasteiger partial charge in [0.15, 0.2) is 0 Å². The first-order valence-electron chi connectivity index (χ1n) is 9.62. The lowest BCUT2D eigenvalue weighted by atomic mass is 9.74. The van der Waals surface area contributed by atoms with Crippen molar-refractivity contribution in [1.29, 1.82) is 0 Å². The highest BCUT2D eigenvalue weighted by atomic mass is 19.1. The lowest BCUT2D eigenvalue weighted by molar-refractivity contribution is -0.153. The zero-order chi connectivity index (χ0) is 18.3. The Balaban J connectivity index is 1.42. The van der Waals surface area contributed by atoms with Crippen LogP contribution in [0, 0.1) is 23.5 Å². The maximum Gasteiger partial charge on any atom is 0.225 e. The third-order valence-corrected chi connectivity index (χ3v) is 6.53. The number of carbonyl (C=O) groups is 1. The summed E-state index contributed by atoms with van der Waals surface area (Å²) in [6.07, 6.45) is 4.36. The number of fused-ring (bicyclic) bond motifs is 1. The molecule has 3 aliphatic rings. The SMILES string of the molecule is O=C(C1CCC1)N1CC[C@]2(O)CCN(Cc3ccc(F)cc3F)C[C@@H]2C1. The van der Waals surface area contributed by atoms with E-state index in [1.807, 2.05) is 4.90 Å². The van der Waals surface area contributed by atoms with Crippen molar-refractivity contribution in [3.8, 4) is 0 Å². The molecular weight excluding hydrogens is 338 g/mol. The Morgan fingerprint density at radius 3 is 2.65 bits per heavy atom. The summed E-state index contributed by atoms with van der Waals surface area (Å²) in [6.45, 7) is 2.92. The van der Waals surface area contributed by atoms with Crippen molar-refractivity contribution in [1.82, 2.24) is 9.80 Å². The van der Waals surface area contributed by atoms with Gasteiger partial charge in [0.05, 0.1) is 5.60 Å². The molecule has 2 atom stereocenters. The molecule has 0 aromatic heterocycles. The first-order chi connectivity index (χ1) is 12.4. The third kappa shape index (κ3) is 3.37. The second-order valence-electron chi connectivity index (χ2n) is 8.18. The molecule has 1 saturated carbocycles. The van der Waals surface area contributed by atoms with E-state index in [1.165, 1.54) is 12.1 Å². The van der Waals surface area contributed by atoms with Crippen molar-refractivity contribution in [3.63, 3.8) is 0 Å². The van der Waals surface area contributed by atoms with Gasteiger partial charge in [-0.3, -0.25) is 9.69 Å². The van der Waals surface area contributed by atoms with Gasteiger partial charge >= 0.3 is 0 Å². The van der Waals surface area contributed by atoms with Crippen LogP contribution in [-0.2, 0) is 11.3 Å². The van der Waals surface area contributed by atoms with Crippen LogP contribution in [0.1, 0.15) is 37.7 Å².